The smallest absolute Gasteiger partial charge is 0.134 e. The maximum absolute atomic E-state index is 4.51. The summed E-state index contributed by atoms with van der Waals surface area (Å²) in [6, 6.07) is 3.89. The first-order valence-electron chi connectivity index (χ1n) is 6.24. The van der Waals surface area contributed by atoms with Crippen molar-refractivity contribution in [1.29, 1.82) is 0 Å². The van der Waals surface area contributed by atoms with Crippen molar-refractivity contribution in [3.05, 3.63) is 46.1 Å². The Morgan fingerprint density at radius 2 is 2.11 bits per heavy atom. The van der Waals surface area contributed by atoms with Crippen LogP contribution in [0.4, 0.5) is 5.82 Å². The molecule has 0 fully saturated rings. The number of hydrogen-bond acceptors (Lipinski definition) is 4. The quantitative estimate of drug-likeness (QED) is 0.873. The Labute approximate surface area is 121 Å². The number of nitrogens with zero attached hydrogens (tertiary/aromatic N) is 3. The fourth-order valence-corrected chi connectivity index (χ4v) is 2.05. The van der Waals surface area contributed by atoms with Gasteiger partial charge in [0, 0.05) is 30.9 Å². The highest BCUT2D eigenvalue weighted by molar-refractivity contribution is 9.10. The first kappa shape index (κ1) is 13.9. The molecule has 5 heteroatoms. The zero-order valence-electron chi connectivity index (χ0n) is 11.3. The van der Waals surface area contributed by atoms with Gasteiger partial charge in [-0.3, -0.25) is 4.98 Å². The molecule has 2 aromatic heterocycles. The predicted octanol–water partition coefficient (Wildman–Crippen LogP) is 3.68. The van der Waals surface area contributed by atoms with Crippen LogP contribution in [0.15, 0.2) is 29.1 Å². The normalized spacial score (nSPS) is 10.8. The average Bonchev–Trinajstić information content (AvgIpc) is 2.37. The number of pyridine rings is 1. The van der Waals surface area contributed by atoms with Gasteiger partial charge in [-0.15, -0.1) is 0 Å². The molecule has 0 bridgehead atoms. The Hall–Kier alpha value is -1.49. The molecule has 0 saturated carbocycles. The lowest BCUT2D eigenvalue weighted by atomic mass is 10.1. The van der Waals surface area contributed by atoms with Crippen LogP contribution in [0.25, 0.3) is 0 Å². The van der Waals surface area contributed by atoms with Crippen LogP contribution < -0.4 is 5.32 Å². The first-order chi connectivity index (χ1) is 9.06. The average molecular weight is 321 g/mol. The Morgan fingerprint density at radius 3 is 2.79 bits per heavy atom. The molecular formula is C14H17BrN4. The summed E-state index contributed by atoms with van der Waals surface area (Å²) in [5, 5.41) is 3.32. The number of rotatable bonds is 4. The number of halogens is 1. The first-order valence-corrected chi connectivity index (χ1v) is 7.03. The molecular weight excluding hydrogens is 304 g/mol. The molecule has 2 heterocycles. The molecule has 19 heavy (non-hydrogen) atoms. The minimum absolute atomic E-state index is 0.304. The molecule has 0 radical (unpaired) electrons. The van der Waals surface area contributed by atoms with Crippen molar-refractivity contribution in [2.24, 2.45) is 0 Å². The van der Waals surface area contributed by atoms with Crippen LogP contribution in [-0.2, 0) is 6.54 Å². The molecule has 0 amide bonds. The molecule has 0 saturated heterocycles. The van der Waals surface area contributed by atoms with Gasteiger partial charge in [0.05, 0.1) is 0 Å². The van der Waals surface area contributed by atoms with Gasteiger partial charge >= 0.3 is 0 Å². The van der Waals surface area contributed by atoms with Gasteiger partial charge in [-0.1, -0.05) is 13.8 Å². The van der Waals surface area contributed by atoms with Crippen molar-refractivity contribution in [2.75, 3.05) is 5.32 Å². The molecule has 0 aliphatic carbocycles. The fourth-order valence-electron chi connectivity index (χ4n) is 1.65. The van der Waals surface area contributed by atoms with Crippen molar-refractivity contribution in [3.8, 4) is 0 Å². The zero-order chi connectivity index (χ0) is 13.8. The number of anilines is 1. The fraction of sp³-hybridized carbons (Fsp3) is 0.357. The van der Waals surface area contributed by atoms with Crippen molar-refractivity contribution in [2.45, 2.75) is 33.2 Å². The summed E-state index contributed by atoms with van der Waals surface area (Å²) in [6.45, 7) is 6.95. The summed E-state index contributed by atoms with van der Waals surface area (Å²) < 4.78 is 0.802. The third-order valence-electron chi connectivity index (χ3n) is 2.84. The van der Waals surface area contributed by atoms with Crippen LogP contribution in [0.5, 0.6) is 0 Å². The molecule has 2 rings (SSSR count). The topological polar surface area (TPSA) is 50.7 Å². The van der Waals surface area contributed by atoms with Gasteiger partial charge in [0.2, 0.25) is 0 Å². The van der Waals surface area contributed by atoms with Crippen LogP contribution in [0, 0.1) is 6.92 Å². The summed E-state index contributed by atoms with van der Waals surface area (Å²) >= 11 is 3.42. The van der Waals surface area contributed by atoms with E-state index in [-0.39, 0.29) is 0 Å². The SMILES string of the molecule is Cc1ccncc1CNc1cc(Br)nc(C(C)C)n1. The molecule has 0 aliphatic heterocycles. The summed E-state index contributed by atoms with van der Waals surface area (Å²) in [5.41, 5.74) is 2.39. The van der Waals surface area contributed by atoms with E-state index in [1.165, 1.54) is 11.1 Å². The van der Waals surface area contributed by atoms with E-state index in [1.54, 1.807) is 6.20 Å². The molecule has 0 unspecified atom stereocenters. The monoisotopic (exact) mass is 320 g/mol. The Morgan fingerprint density at radius 1 is 1.32 bits per heavy atom. The highest BCUT2D eigenvalue weighted by Crippen LogP contribution is 2.18. The van der Waals surface area contributed by atoms with E-state index in [0.717, 1.165) is 16.2 Å². The molecule has 0 atom stereocenters. The molecule has 100 valence electrons. The van der Waals surface area contributed by atoms with E-state index in [2.05, 4.69) is 57.0 Å². The second-order valence-corrected chi connectivity index (χ2v) is 5.56. The highest BCUT2D eigenvalue weighted by Gasteiger charge is 2.07. The van der Waals surface area contributed by atoms with Crippen molar-refractivity contribution >= 4 is 21.7 Å². The van der Waals surface area contributed by atoms with Crippen LogP contribution in [0.3, 0.4) is 0 Å². The Balaban J connectivity index is 2.14. The van der Waals surface area contributed by atoms with Crippen molar-refractivity contribution in [3.63, 3.8) is 0 Å². The highest BCUT2D eigenvalue weighted by atomic mass is 79.9. The third kappa shape index (κ3) is 3.73. The maximum Gasteiger partial charge on any atom is 0.134 e. The van der Waals surface area contributed by atoms with Gasteiger partial charge in [0.1, 0.15) is 16.2 Å². The maximum atomic E-state index is 4.51. The Kier molecular flexibility index (Phi) is 4.47. The van der Waals surface area contributed by atoms with Gasteiger partial charge in [0.15, 0.2) is 0 Å². The number of nitrogens with one attached hydrogen (secondary N) is 1. The van der Waals surface area contributed by atoms with Gasteiger partial charge in [-0.05, 0) is 40.0 Å². The van der Waals surface area contributed by atoms with Crippen molar-refractivity contribution < 1.29 is 0 Å². The molecule has 0 aliphatic rings. The largest absolute Gasteiger partial charge is 0.366 e. The molecule has 2 aromatic rings. The minimum Gasteiger partial charge on any atom is -0.366 e. The number of hydrogen-bond donors (Lipinski definition) is 1. The summed E-state index contributed by atoms with van der Waals surface area (Å²) in [7, 11) is 0. The van der Waals surface area contributed by atoms with Gasteiger partial charge in [0.25, 0.3) is 0 Å². The van der Waals surface area contributed by atoms with Crippen LogP contribution >= 0.6 is 15.9 Å². The second-order valence-electron chi connectivity index (χ2n) is 4.74. The van der Waals surface area contributed by atoms with E-state index in [4.69, 9.17) is 0 Å². The standard InChI is InChI=1S/C14H17BrN4/c1-9(2)14-18-12(15)6-13(19-14)17-8-11-7-16-5-4-10(11)3/h4-7,9H,8H2,1-3H3,(H,17,18,19). The van der Waals surface area contributed by atoms with Crippen LogP contribution in [0.1, 0.15) is 36.7 Å². The van der Waals surface area contributed by atoms with Gasteiger partial charge < -0.3 is 5.32 Å². The summed E-state index contributed by atoms with van der Waals surface area (Å²) in [6.07, 6.45) is 3.68. The van der Waals surface area contributed by atoms with Gasteiger partial charge in [-0.25, -0.2) is 9.97 Å². The lowest BCUT2D eigenvalue weighted by Gasteiger charge is -2.10. The van der Waals surface area contributed by atoms with E-state index < -0.39 is 0 Å². The van der Waals surface area contributed by atoms with Crippen LogP contribution in [0.2, 0.25) is 0 Å². The summed E-state index contributed by atoms with van der Waals surface area (Å²) in [5.74, 6) is 1.96. The van der Waals surface area contributed by atoms with E-state index in [1.807, 2.05) is 18.3 Å². The zero-order valence-corrected chi connectivity index (χ0v) is 12.9. The molecule has 4 nitrogen and oxygen atoms in total. The van der Waals surface area contributed by atoms with E-state index in [0.29, 0.717) is 12.5 Å². The number of aryl methyl sites for hydroxylation is 1. The third-order valence-corrected chi connectivity index (χ3v) is 3.24. The second kappa shape index (κ2) is 6.10. The number of aromatic nitrogens is 3. The van der Waals surface area contributed by atoms with Crippen molar-refractivity contribution in [1.82, 2.24) is 15.0 Å². The lowest BCUT2D eigenvalue weighted by molar-refractivity contribution is 0.769. The van der Waals surface area contributed by atoms with Crippen LogP contribution in [-0.4, -0.2) is 15.0 Å². The minimum atomic E-state index is 0.304. The summed E-state index contributed by atoms with van der Waals surface area (Å²) in [4.78, 5) is 13.0. The molecule has 0 spiro atoms. The lowest BCUT2D eigenvalue weighted by Crippen LogP contribution is -2.06. The Bertz CT molecular complexity index is 569. The molecule has 0 aromatic carbocycles. The molecule has 1 N–H and O–H groups in total. The predicted molar refractivity (Wildman–Crippen MR) is 80.1 cm³/mol. The van der Waals surface area contributed by atoms with E-state index >= 15 is 0 Å². The van der Waals surface area contributed by atoms with Gasteiger partial charge in [-0.2, -0.15) is 0 Å². The van der Waals surface area contributed by atoms with E-state index in [9.17, 15) is 0 Å².